The van der Waals surface area contributed by atoms with Gasteiger partial charge in [-0.25, -0.2) is 0 Å². The number of hydrogen-bond donors (Lipinski definition) is 1. The first-order chi connectivity index (χ1) is 9.65. The van der Waals surface area contributed by atoms with Crippen molar-refractivity contribution in [2.45, 2.75) is 32.6 Å². The maximum atomic E-state index is 12.5. The summed E-state index contributed by atoms with van der Waals surface area (Å²) in [5, 5.41) is 7.31. The fourth-order valence-corrected chi connectivity index (χ4v) is 2.83. The average Bonchev–Trinajstić information content (AvgIpc) is 3.07. The van der Waals surface area contributed by atoms with Gasteiger partial charge in [-0.1, -0.05) is 0 Å². The smallest absolute Gasteiger partial charge is 0.257 e. The number of nitrogens with one attached hydrogen (secondary N) is 1. The first kappa shape index (κ1) is 13.0. The van der Waals surface area contributed by atoms with Gasteiger partial charge < -0.3 is 9.32 Å². The Morgan fingerprint density at radius 2 is 2.35 bits per heavy atom. The zero-order chi connectivity index (χ0) is 14.1. The van der Waals surface area contributed by atoms with Gasteiger partial charge in [-0.3, -0.25) is 9.89 Å². The van der Waals surface area contributed by atoms with E-state index in [0.29, 0.717) is 17.2 Å². The molecule has 0 saturated carbocycles. The molecule has 3 heterocycles. The van der Waals surface area contributed by atoms with E-state index in [1.165, 1.54) is 0 Å². The van der Waals surface area contributed by atoms with E-state index < -0.39 is 0 Å². The van der Waals surface area contributed by atoms with Crippen LogP contribution < -0.4 is 0 Å². The Hall–Kier alpha value is -2.04. The normalized spacial score (nSPS) is 19.3. The van der Waals surface area contributed by atoms with Crippen LogP contribution in [0.2, 0.25) is 0 Å². The lowest BCUT2D eigenvalue weighted by atomic mass is 9.94. The fraction of sp³-hybridized carbons (Fsp3) is 0.467. The van der Waals surface area contributed by atoms with Crippen LogP contribution in [0.25, 0.3) is 0 Å². The lowest BCUT2D eigenvalue weighted by Crippen LogP contribution is -2.39. The summed E-state index contributed by atoms with van der Waals surface area (Å²) in [7, 11) is 0. The number of hydrogen-bond acceptors (Lipinski definition) is 3. The van der Waals surface area contributed by atoms with Crippen molar-refractivity contribution in [1.29, 1.82) is 0 Å². The molecule has 106 valence electrons. The molecule has 0 aromatic carbocycles. The highest BCUT2D eigenvalue weighted by atomic mass is 16.3. The van der Waals surface area contributed by atoms with E-state index in [1.807, 2.05) is 18.7 Å². The van der Waals surface area contributed by atoms with E-state index in [2.05, 4.69) is 16.3 Å². The summed E-state index contributed by atoms with van der Waals surface area (Å²) >= 11 is 0. The molecule has 20 heavy (non-hydrogen) atoms. The second-order valence-electron chi connectivity index (χ2n) is 5.46. The number of rotatable bonds is 2. The summed E-state index contributed by atoms with van der Waals surface area (Å²) in [5.74, 6) is 1.07. The number of carbonyl (C=O) groups excluding carboxylic acids is 1. The molecule has 1 aliphatic rings. The number of piperidine rings is 1. The molecule has 2 aromatic heterocycles. The van der Waals surface area contributed by atoms with E-state index in [0.717, 1.165) is 37.3 Å². The van der Waals surface area contributed by atoms with Gasteiger partial charge in [0.1, 0.15) is 5.76 Å². The van der Waals surface area contributed by atoms with Crippen LogP contribution in [0.5, 0.6) is 0 Å². The predicted molar refractivity (Wildman–Crippen MR) is 74.6 cm³/mol. The molecule has 5 heteroatoms. The molecule has 0 aliphatic carbocycles. The van der Waals surface area contributed by atoms with Crippen LogP contribution in [0.4, 0.5) is 0 Å². The van der Waals surface area contributed by atoms with Crippen molar-refractivity contribution < 1.29 is 9.21 Å². The van der Waals surface area contributed by atoms with Crippen molar-refractivity contribution in [1.82, 2.24) is 15.1 Å². The SMILES string of the molecule is Cc1cc(C2CCCN(C(=O)c3ccoc3C)C2)n[nH]1. The van der Waals surface area contributed by atoms with Gasteiger partial charge >= 0.3 is 0 Å². The Morgan fingerprint density at radius 1 is 1.50 bits per heavy atom. The summed E-state index contributed by atoms with van der Waals surface area (Å²) in [5.41, 5.74) is 2.79. The third-order valence-electron chi connectivity index (χ3n) is 3.94. The van der Waals surface area contributed by atoms with Gasteiger partial charge in [-0.15, -0.1) is 0 Å². The van der Waals surface area contributed by atoms with Crippen molar-refractivity contribution in [2.75, 3.05) is 13.1 Å². The van der Waals surface area contributed by atoms with E-state index in [1.54, 1.807) is 12.3 Å². The minimum atomic E-state index is 0.0632. The second kappa shape index (κ2) is 5.15. The highest BCUT2D eigenvalue weighted by Crippen LogP contribution is 2.27. The van der Waals surface area contributed by atoms with Gasteiger partial charge in [0, 0.05) is 24.7 Å². The Balaban J connectivity index is 1.75. The Kier molecular flexibility index (Phi) is 3.34. The minimum absolute atomic E-state index is 0.0632. The topological polar surface area (TPSA) is 62.1 Å². The number of H-pyrrole nitrogens is 1. The highest BCUT2D eigenvalue weighted by Gasteiger charge is 2.28. The van der Waals surface area contributed by atoms with Crippen molar-refractivity contribution in [3.8, 4) is 0 Å². The van der Waals surface area contributed by atoms with Crippen LogP contribution in [0, 0.1) is 13.8 Å². The molecule has 1 unspecified atom stereocenters. The molecule has 0 radical (unpaired) electrons. The molecule has 0 bridgehead atoms. The first-order valence-corrected chi connectivity index (χ1v) is 7.00. The van der Waals surface area contributed by atoms with Gasteiger partial charge in [-0.2, -0.15) is 5.10 Å². The van der Waals surface area contributed by atoms with E-state index >= 15 is 0 Å². The third kappa shape index (κ3) is 2.35. The molecule has 1 amide bonds. The molecule has 1 saturated heterocycles. The van der Waals surface area contributed by atoms with Crippen LogP contribution in [0.3, 0.4) is 0 Å². The Bertz CT molecular complexity index is 614. The van der Waals surface area contributed by atoms with Crippen LogP contribution in [-0.2, 0) is 0 Å². The van der Waals surface area contributed by atoms with Crippen molar-refractivity contribution >= 4 is 5.91 Å². The van der Waals surface area contributed by atoms with E-state index in [4.69, 9.17) is 4.42 Å². The molecule has 2 aromatic rings. The van der Waals surface area contributed by atoms with Gasteiger partial charge in [-0.05, 0) is 38.8 Å². The standard InChI is InChI=1S/C15H19N3O2/c1-10-8-14(17-16-10)12-4-3-6-18(9-12)15(19)13-5-7-20-11(13)2/h5,7-8,12H,3-4,6,9H2,1-2H3,(H,16,17). The highest BCUT2D eigenvalue weighted by molar-refractivity contribution is 5.95. The zero-order valence-electron chi connectivity index (χ0n) is 11.8. The lowest BCUT2D eigenvalue weighted by Gasteiger charge is -2.31. The van der Waals surface area contributed by atoms with Crippen LogP contribution in [-0.4, -0.2) is 34.1 Å². The van der Waals surface area contributed by atoms with E-state index in [9.17, 15) is 4.79 Å². The van der Waals surface area contributed by atoms with E-state index in [-0.39, 0.29) is 5.91 Å². The maximum Gasteiger partial charge on any atom is 0.257 e. The van der Waals surface area contributed by atoms with Crippen molar-refractivity contribution in [3.05, 3.63) is 41.1 Å². The first-order valence-electron chi connectivity index (χ1n) is 7.00. The number of aromatic nitrogens is 2. The van der Waals surface area contributed by atoms with Gasteiger partial charge in [0.25, 0.3) is 5.91 Å². The van der Waals surface area contributed by atoms with Crippen LogP contribution >= 0.6 is 0 Å². The molecule has 5 nitrogen and oxygen atoms in total. The molecule has 0 spiro atoms. The number of amides is 1. The van der Waals surface area contributed by atoms with Crippen LogP contribution in [0.15, 0.2) is 22.8 Å². The zero-order valence-corrected chi connectivity index (χ0v) is 11.8. The van der Waals surface area contributed by atoms with Crippen molar-refractivity contribution in [3.63, 3.8) is 0 Å². The second-order valence-corrected chi connectivity index (χ2v) is 5.46. The Labute approximate surface area is 118 Å². The largest absolute Gasteiger partial charge is 0.469 e. The van der Waals surface area contributed by atoms with Gasteiger partial charge in [0.05, 0.1) is 17.5 Å². The lowest BCUT2D eigenvalue weighted by molar-refractivity contribution is 0.0704. The van der Waals surface area contributed by atoms with Crippen molar-refractivity contribution in [2.24, 2.45) is 0 Å². The molecular weight excluding hydrogens is 254 g/mol. The summed E-state index contributed by atoms with van der Waals surface area (Å²) < 4.78 is 5.23. The summed E-state index contributed by atoms with van der Waals surface area (Å²) in [6.45, 7) is 5.36. The molecule has 1 atom stereocenters. The Morgan fingerprint density at radius 3 is 3.00 bits per heavy atom. The average molecular weight is 273 g/mol. The van der Waals surface area contributed by atoms with Gasteiger partial charge in [0.15, 0.2) is 0 Å². The number of carbonyl (C=O) groups is 1. The number of likely N-dealkylation sites (tertiary alicyclic amines) is 1. The summed E-state index contributed by atoms with van der Waals surface area (Å²) in [6.07, 6.45) is 3.67. The van der Waals surface area contributed by atoms with Gasteiger partial charge in [0.2, 0.25) is 0 Å². The minimum Gasteiger partial charge on any atom is -0.469 e. The monoisotopic (exact) mass is 273 g/mol. The molecule has 1 aliphatic heterocycles. The summed E-state index contributed by atoms with van der Waals surface area (Å²) in [4.78, 5) is 14.4. The number of furan rings is 1. The molecular formula is C15H19N3O2. The third-order valence-corrected chi connectivity index (χ3v) is 3.94. The summed E-state index contributed by atoms with van der Waals surface area (Å²) in [6, 6.07) is 3.82. The predicted octanol–water partition coefficient (Wildman–Crippen LogP) is 2.64. The number of nitrogens with zero attached hydrogens (tertiary/aromatic N) is 2. The molecule has 1 fully saturated rings. The van der Waals surface area contributed by atoms with Crippen LogP contribution in [0.1, 0.15) is 46.3 Å². The molecule has 1 N–H and O–H groups in total. The maximum absolute atomic E-state index is 12.5. The fourth-order valence-electron chi connectivity index (χ4n) is 2.83. The number of aryl methyl sites for hydroxylation is 2. The molecule has 3 rings (SSSR count). The number of aromatic amines is 1. The quantitative estimate of drug-likeness (QED) is 0.915.